The topological polar surface area (TPSA) is 27.7 Å². The number of fused-ring (bicyclic) bond motifs is 3. The van der Waals surface area contributed by atoms with Crippen molar-refractivity contribution in [3.05, 3.63) is 36.4 Å². The van der Waals surface area contributed by atoms with Crippen molar-refractivity contribution < 1.29 is 14.2 Å². The zero-order valence-corrected chi connectivity index (χ0v) is 21.4. The van der Waals surface area contributed by atoms with Crippen LogP contribution in [-0.2, 0) is 0 Å². The molecular formula is C29H39O3P. The third kappa shape index (κ3) is 4.63. The predicted molar refractivity (Wildman–Crippen MR) is 139 cm³/mol. The van der Waals surface area contributed by atoms with Gasteiger partial charge in [-0.3, -0.25) is 0 Å². The van der Waals surface area contributed by atoms with E-state index in [2.05, 4.69) is 44.2 Å². The van der Waals surface area contributed by atoms with Crippen molar-refractivity contribution in [3.63, 3.8) is 0 Å². The van der Waals surface area contributed by atoms with Gasteiger partial charge in [-0.25, -0.2) is 0 Å². The lowest BCUT2D eigenvalue weighted by molar-refractivity contribution is 0.0759. The third-order valence-electron chi connectivity index (χ3n) is 7.96. The van der Waals surface area contributed by atoms with E-state index >= 15 is 0 Å². The van der Waals surface area contributed by atoms with Gasteiger partial charge >= 0.3 is 0 Å². The van der Waals surface area contributed by atoms with Crippen LogP contribution in [0.3, 0.4) is 0 Å². The maximum atomic E-state index is 6.60. The molecule has 2 aromatic carbocycles. The van der Waals surface area contributed by atoms with Crippen LogP contribution in [0.15, 0.2) is 36.4 Å². The van der Waals surface area contributed by atoms with Crippen molar-refractivity contribution in [1.82, 2.24) is 0 Å². The molecule has 0 radical (unpaired) electrons. The molecule has 0 amide bonds. The first-order valence-electron chi connectivity index (χ1n) is 13.1. The van der Waals surface area contributed by atoms with Gasteiger partial charge in [0.25, 0.3) is 0 Å². The van der Waals surface area contributed by atoms with Gasteiger partial charge in [0.1, 0.15) is 29.5 Å². The molecule has 2 fully saturated rings. The quantitative estimate of drug-likeness (QED) is 0.433. The lowest BCUT2D eigenvalue weighted by atomic mass is 9.99. The molecule has 3 aliphatic rings. The molecule has 2 saturated carbocycles. The van der Waals surface area contributed by atoms with Crippen LogP contribution in [-0.4, -0.2) is 30.6 Å². The van der Waals surface area contributed by atoms with E-state index in [1.54, 1.807) is 7.11 Å². The number of benzene rings is 2. The highest BCUT2D eigenvalue weighted by Crippen LogP contribution is 2.58. The molecule has 4 heteroatoms. The zero-order valence-electron chi connectivity index (χ0n) is 20.5. The van der Waals surface area contributed by atoms with E-state index in [4.69, 9.17) is 14.2 Å². The van der Waals surface area contributed by atoms with Gasteiger partial charge in [0.15, 0.2) is 0 Å². The van der Waals surface area contributed by atoms with Crippen molar-refractivity contribution in [2.75, 3.05) is 7.11 Å². The van der Waals surface area contributed by atoms with Crippen LogP contribution in [0.4, 0.5) is 0 Å². The summed E-state index contributed by atoms with van der Waals surface area (Å²) in [7, 11) is 1.49. The fourth-order valence-corrected chi connectivity index (χ4v) is 10.1. The summed E-state index contributed by atoms with van der Waals surface area (Å²) in [5.74, 6) is 2.81. The van der Waals surface area contributed by atoms with Crippen LogP contribution in [0.1, 0.15) is 78.1 Å². The van der Waals surface area contributed by atoms with Crippen molar-refractivity contribution >= 4 is 13.2 Å². The van der Waals surface area contributed by atoms with Crippen molar-refractivity contribution in [2.24, 2.45) is 0 Å². The van der Waals surface area contributed by atoms with Gasteiger partial charge in [-0.2, -0.15) is 0 Å². The molecule has 2 aliphatic carbocycles. The fourth-order valence-electron chi connectivity index (χ4n) is 6.11. The predicted octanol–water partition coefficient (Wildman–Crippen LogP) is 7.68. The zero-order chi connectivity index (χ0) is 22.8. The van der Waals surface area contributed by atoms with Crippen molar-refractivity contribution in [2.45, 2.75) is 102 Å². The van der Waals surface area contributed by atoms with E-state index in [-0.39, 0.29) is 20.1 Å². The Morgan fingerprint density at radius 1 is 0.697 bits per heavy atom. The number of hydrogen-bond donors (Lipinski definition) is 0. The first kappa shape index (κ1) is 23.0. The summed E-state index contributed by atoms with van der Waals surface area (Å²) < 4.78 is 19.0. The number of rotatable bonds is 4. The highest BCUT2D eigenvalue weighted by Gasteiger charge is 2.36. The second kappa shape index (κ2) is 10.3. The second-order valence-electron chi connectivity index (χ2n) is 10.1. The Morgan fingerprint density at radius 3 is 1.76 bits per heavy atom. The smallest absolute Gasteiger partial charge is 0.132 e. The van der Waals surface area contributed by atoms with E-state index in [9.17, 15) is 0 Å². The first-order valence-corrected chi connectivity index (χ1v) is 14.6. The molecular weight excluding hydrogens is 427 g/mol. The standard InChI is InChI=1S/C29H39O3P/c1-20-21(2)32-26-18-11-19-27(29(26)28-24(30-3)16-10-17-25(28)31-20)33(22-12-6-4-7-13-22)23-14-8-5-9-15-23/h10-11,16-23H,4-9,12-15H2,1-3H3. The van der Waals surface area contributed by atoms with Crippen LogP contribution in [0.5, 0.6) is 17.2 Å². The molecule has 2 aromatic rings. The van der Waals surface area contributed by atoms with Crippen LogP contribution in [0.2, 0.25) is 0 Å². The normalized spacial score (nSPS) is 24.1. The Labute approximate surface area is 201 Å². The van der Waals surface area contributed by atoms with E-state index in [0.29, 0.717) is 0 Å². The molecule has 3 nitrogen and oxygen atoms in total. The maximum Gasteiger partial charge on any atom is 0.132 e. The molecule has 0 aromatic heterocycles. The third-order valence-corrected chi connectivity index (χ3v) is 11.5. The Kier molecular flexibility index (Phi) is 7.16. The average molecular weight is 467 g/mol. The fraction of sp³-hybridized carbons (Fsp3) is 0.586. The van der Waals surface area contributed by atoms with Gasteiger partial charge in [-0.1, -0.05) is 64.6 Å². The molecule has 1 heterocycles. The minimum atomic E-state index is -0.286. The van der Waals surface area contributed by atoms with Crippen LogP contribution < -0.4 is 19.5 Å². The molecule has 1 aliphatic heterocycles. The lowest BCUT2D eigenvalue weighted by Gasteiger charge is -2.40. The number of hydrogen-bond acceptors (Lipinski definition) is 3. The Balaban J connectivity index is 1.71. The summed E-state index contributed by atoms with van der Waals surface area (Å²) in [6.45, 7) is 4.22. The molecule has 5 rings (SSSR count). The second-order valence-corrected chi connectivity index (χ2v) is 12.9. The minimum Gasteiger partial charge on any atom is -0.496 e. The molecule has 2 unspecified atom stereocenters. The molecule has 0 saturated heterocycles. The van der Waals surface area contributed by atoms with E-state index in [1.165, 1.54) is 75.1 Å². The van der Waals surface area contributed by atoms with Crippen LogP contribution >= 0.6 is 7.92 Å². The highest BCUT2D eigenvalue weighted by molar-refractivity contribution is 7.67. The minimum absolute atomic E-state index is 0.0195. The summed E-state index contributed by atoms with van der Waals surface area (Å²) in [6, 6.07) is 13.1. The summed E-state index contributed by atoms with van der Waals surface area (Å²) in [6.07, 6.45) is 13.8. The summed E-state index contributed by atoms with van der Waals surface area (Å²) in [4.78, 5) is 0. The van der Waals surface area contributed by atoms with Gasteiger partial charge in [-0.05, 0) is 74.4 Å². The largest absolute Gasteiger partial charge is 0.496 e. The van der Waals surface area contributed by atoms with Gasteiger partial charge in [-0.15, -0.1) is 0 Å². The Bertz CT molecular complexity index is 928. The van der Waals surface area contributed by atoms with Gasteiger partial charge in [0.2, 0.25) is 0 Å². The Hall–Kier alpha value is -1.73. The monoisotopic (exact) mass is 466 g/mol. The number of methoxy groups -OCH3 is 1. The summed E-state index contributed by atoms with van der Waals surface area (Å²) in [5, 5.41) is 1.53. The SMILES string of the molecule is COc1cccc2c1-c1c(cccc1P(C1CCCCC1)C1CCCCC1)OC(C)C(C)O2. The molecule has 33 heavy (non-hydrogen) atoms. The summed E-state index contributed by atoms with van der Waals surface area (Å²) >= 11 is 0. The van der Waals surface area contributed by atoms with E-state index in [0.717, 1.165) is 34.1 Å². The number of ether oxygens (including phenoxy) is 3. The van der Waals surface area contributed by atoms with Crippen LogP contribution in [0.25, 0.3) is 11.1 Å². The Morgan fingerprint density at radius 2 is 1.21 bits per heavy atom. The summed E-state index contributed by atoms with van der Waals surface area (Å²) in [5.41, 5.74) is 3.97. The van der Waals surface area contributed by atoms with E-state index in [1.807, 2.05) is 6.07 Å². The maximum absolute atomic E-state index is 6.60. The molecule has 0 N–H and O–H groups in total. The lowest BCUT2D eigenvalue weighted by Crippen LogP contribution is -2.34. The first-order chi connectivity index (χ1) is 16.2. The van der Waals surface area contributed by atoms with Crippen molar-refractivity contribution in [3.8, 4) is 28.4 Å². The molecule has 0 spiro atoms. The van der Waals surface area contributed by atoms with E-state index < -0.39 is 0 Å². The van der Waals surface area contributed by atoms with Gasteiger partial charge in [0.05, 0.1) is 12.7 Å². The van der Waals surface area contributed by atoms with Crippen molar-refractivity contribution in [1.29, 1.82) is 0 Å². The molecule has 0 bridgehead atoms. The van der Waals surface area contributed by atoms with Gasteiger partial charge < -0.3 is 14.2 Å². The molecule has 178 valence electrons. The van der Waals surface area contributed by atoms with Gasteiger partial charge in [0, 0.05) is 5.56 Å². The highest BCUT2D eigenvalue weighted by atomic mass is 31.1. The van der Waals surface area contributed by atoms with Crippen LogP contribution in [0, 0.1) is 0 Å². The molecule has 2 atom stereocenters. The average Bonchev–Trinajstić information content (AvgIpc) is 2.85.